The van der Waals surface area contributed by atoms with Crippen molar-refractivity contribution < 1.29 is 9.66 Å². The third-order valence-electron chi connectivity index (χ3n) is 4.15. The fraction of sp³-hybridized carbons (Fsp3) is 0.211. The van der Waals surface area contributed by atoms with E-state index in [2.05, 4.69) is 26.9 Å². The van der Waals surface area contributed by atoms with Crippen molar-refractivity contribution >= 4 is 39.0 Å². The number of nitro benzene ring substituents is 1. The fourth-order valence-electron chi connectivity index (χ4n) is 2.83. The second-order valence-electron chi connectivity index (χ2n) is 5.78. The molecule has 26 heavy (non-hydrogen) atoms. The number of hydrogen-bond acceptors (Lipinski definition) is 5. The predicted molar refractivity (Wildman–Crippen MR) is 104 cm³/mol. The zero-order valence-corrected chi connectivity index (χ0v) is 15.5. The molecule has 0 saturated carbocycles. The summed E-state index contributed by atoms with van der Waals surface area (Å²) in [6, 6.07) is 14.3. The van der Waals surface area contributed by atoms with Gasteiger partial charge in [-0.25, -0.2) is 0 Å². The topological polar surface area (TPSA) is 79.4 Å². The summed E-state index contributed by atoms with van der Waals surface area (Å²) in [6.45, 7) is 2.63. The molecule has 0 spiro atoms. The van der Waals surface area contributed by atoms with Gasteiger partial charge in [0.1, 0.15) is 0 Å². The van der Waals surface area contributed by atoms with Crippen molar-refractivity contribution in [2.24, 2.45) is 0 Å². The van der Waals surface area contributed by atoms with Gasteiger partial charge in [-0.05, 0) is 29.8 Å². The second kappa shape index (κ2) is 8.13. The van der Waals surface area contributed by atoms with Crippen LogP contribution in [0.25, 0.3) is 11.6 Å². The highest BCUT2D eigenvalue weighted by atomic mass is 79.9. The lowest BCUT2D eigenvalue weighted by molar-refractivity contribution is -0.384. The van der Waals surface area contributed by atoms with E-state index in [0.717, 1.165) is 15.7 Å². The van der Waals surface area contributed by atoms with Gasteiger partial charge in [0, 0.05) is 40.9 Å². The molecule has 0 unspecified atom stereocenters. The van der Waals surface area contributed by atoms with Gasteiger partial charge in [-0.2, -0.15) is 5.26 Å². The lowest BCUT2D eigenvalue weighted by Crippen LogP contribution is -2.36. The molecule has 0 bridgehead atoms. The molecule has 0 amide bonds. The Labute approximate surface area is 159 Å². The zero-order chi connectivity index (χ0) is 18.5. The molecule has 1 aliphatic rings. The number of halogens is 1. The summed E-state index contributed by atoms with van der Waals surface area (Å²) in [6.07, 6.45) is 1.71. The molecule has 1 fully saturated rings. The number of allylic oxidation sites excluding steroid dienone is 1. The average molecular weight is 414 g/mol. The van der Waals surface area contributed by atoms with Crippen LogP contribution in [0.5, 0.6) is 0 Å². The normalized spacial score (nSPS) is 14.8. The second-order valence-corrected chi connectivity index (χ2v) is 6.69. The van der Waals surface area contributed by atoms with Crippen LogP contribution in [-0.4, -0.2) is 31.2 Å². The standard InChI is InChI=1S/C19H16BrN3O3/c20-17-3-1-14(2-4-17)16(13-21)11-15-12-18(23(24)25)5-6-19(15)22-7-9-26-10-8-22/h1-6,11-12H,7-10H2/b16-11+. The molecule has 0 atom stereocenters. The summed E-state index contributed by atoms with van der Waals surface area (Å²) in [5.41, 5.74) is 2.73. The van der Waals surface area contributed by atoms with E-state index >= 15 is 0 Å². The molecular weight excluding hydrogens is 398 g/mol. The predicted octanol–water partition coefficient (Wildman–Crippen LogP) is 4.26. The zero-order valence-electron chi connectivity index (χ0n) is 13.9. The van der Waals surface area contributed by atoms with E-state index in [-0.39, 0.29) is 5.69 Å². The van der Waals surface area contributed by atoms with Gasteiger partial charge in [0.05, 0.1) is 29.8 Å². The highest BCUT2D eigenvalue weighted by Gasteiger charge is 2.17. The Balaban J connectivity index is 2.07. The van der Waals surface area contributed by atoms with E-state index in [9.17, 15) is 15.4 Å². The highest BCUT2D eigenvalue weighted by molar-refractivity contribution is 9.10. The molecule has 132 valence electrons. The minimum absolute atomic E-state index is 0.00125. The van der Waals surface area contributed by atoms with Crippen molar-refractivity contribution in [1.29, 1.82) is 5.26 Å². The molecular formula is C19H16BrN3O3. The van der Waals surface area contributed by atoms with E-state index in [1.165, 1.54) is 12.1 Å². The number of nitrogens with zero attached hydrogens (tertiary/aromatic N) is 3. The van der Waals surface area contributed by atoms with E-state index < -0.39 is 4.92 Å². The minimum atomic E-state index is -0.424. The number of morpholine rings is 1. The molecule has 0 aromatic heterocycles. The Morgan fingerprint density at radius 2 is 1.92 bits per heavy atom. The maximum absolute atomic E-state index is 11.2. The quantitative estimate of drug-likeness (QED) is 0.323. The average Bonchev–Trinajstić information content (AvgIpc) is 2.67. The Bertz CT molecular complexity index is 882. The SMILES string of the molecule is N#C/C(=C\c1cc([N+](=O)[O-])ccc1N1CCOCC1)c1ccc(Br)cc1. The number of benzene rings is 2. The van der Waals surface area contributed by atoms with Gasteiger partial charge in [-0.3, -0.25) is 10.1 Å². The van der Waals surface area contributed by atoms with Crippen molar-refractivity contribution in [2.75, 3.05) is 31.2 Å². The molecule has 1 saturated heterocycles. The molecule has 1 aliphatic heterocycles. The van der Waals surface area contributed by atoms with Crippen molar-refractivity contribution in [3.8, 4) is 6.07 Å². The van der Waals surface area contributed by atoms with Crippen LogP contribution in [0.15, 0.2) is 46.9 Å². The number of non-ortho nitro benzene ring substituents is 1. The molecule has 2 aromatic rings. The Kier molecular flexibility index (Phi) is 5.66. The van der Waals surface area contributed by atoms with E-state index in [4.69, 9.17) is 4.74 Å². The van der Waals surface area contributed by atoms with Gasteiger partial charge in [-0.15, -0.1) is 0 Å². The van der Waals surface area contributed by atoms with Crippen LogP contribution in [-0.2, 0) is 4.74 Å². The summed E-state index contributed by atoms with van der Waals surface area (Å²) >= 11 is 3.38. The van der Waals surface area contributed by atoms with Gasteiger partial charge < -0.3 is 9.64 Å². The minimum Gasteiger partial charge on any atom is -0.378 e. The van der Waals surface area contributed by atoms with Crippen molar-refractivity contribution in [2.45, 2.75) is 0 Å². The number of rotatable bonds is 4. The van der Waals surface area contributed by atoms with Gasteiger partial charge in [0.25, 0.3) is 5.69 Å². The van der Waals surface area contributed by atoms with Crippen LogP contribution < -0.4 is 4.90 Å². The van der Waals surface area contributed by atoms with Crippen LogP contribution in [0.2, 0.25) is 0 Å². The molecule has 0 N–H and O–H groups in total. The molecule has 2 aromatic carbocycles. The van der Waals surface area contributed by atoms with Gasteiger partial charge >= 0.3 is 0 Å². The van der Waals surface area contributed by atoms with Gasteiger partial charge in [-0.1, -0.05) is 28.1 Å². The van der Waals surface area contributed by atoms with Crippen molar-refractivity contribution in [3.05, 3.63) is 68.2 Å². The third-order valence-corrected chi connectivity index (χ3v) is 4.68. The first-order valence-electron chi connectivity index (χ1n) is 8.07. The largest absolute Gasteiger partial charge is 0.378 e. The van der Waals surface area contributed by atoms with Crippen LogP contribution >= 0.6 is 15.9 Å². The molecule has 1 heterocycles. The summed E-state index contributed by atoms with van der Waals surface area (Å²) < 4.78 is 6.30. The van der Waals surface area contributed by atoms with Crippen LogP contribution in [0.4, 0.5) is 11.4 Å². The lowest BCUT2D eigenvalue weighted by atomic mass is 10.0. The highest BCUT2D eigenvalue weighted by Crippen LogP contribution is 2.30. The third kappa shape index (κ3) is 4.10. The monoisotopic (exact) mass is 413 g/mol. The van der Waals surface area contributed by atoms with E-state index in [1.807, 2.05) is 24.3 Å². The summed E-state index contributed by atoms with van der Waals surface area (Å²) in [4.78, 5) is 12.9. The maximum Gasteiger partial charge on any atom is 0.270 e. The number of nitriles is 1. The molecule has 3 rings (SSSR count). The fourth-order valence-corrected chi connectivity index (χ4v) is 3.09. The van der Waals surface area contributed by atoms with Gasteiger partial charge in [0.2, 0.25) is 0 Å². The summed E-state index contributed by atoms with van der Waals surface area (Å²) in [5, 5.41) is 20.8. The molecule has 7 heteroatoms. The maximum atomic E-state index is 11.2. The van der Waals surface area contributed by atoms with Crippen LogP contribution in [0, 0.1) is 21.4 Å². The molecule has 0 radical (unpaired) electrons. The van der Waals surface area contributed by atoms with Gasteiger partial charge in [0.15, 0.2) is 0 Å². The van der Waals surface area contributed by atoms with E-state index in [1.54, 1.807) is 12.1 Å². The van der Waals surface area contributed by atoms with E-state index in [0.29, 0.717) is 37.4 Å². The Hall–Kier alpha value is -2.69. The van der Waals surface area contributed by atoms with Crippen LogP contribution in [0.3, 0.4) is 0 Å². The smallest absolute Gasteiger partial charge is 0.270 e. The van der Waals surface area contributed by atoms with Crippen molar-refractivity contribution in [1.82, 2.24) is 0 Å². The number of nitro groups is 1. The first kappa shape index (κ1) is 18.1. The molecule has 6 nitrogen and oxygen atoms in total. The number of ether oxygens (including phenoxy) is 1. The number of anilines is 1. The summed E-state index contributed by atoms with van der Waals surface area (Å²) in [5.74, 6) is 0. The van der Waals surface area contributed by atoms with Crippen molar-refractivity contribution in [3.63, 3.8) is 0 Å². The van der Waals surface area contributed by atoms with Crippen LogP contribution in [0.1, 0.15) is 11.1 Å². The summed E-state index contributed by atoms with van der Waals surface area (Å²) in [7, 11) is 0. The Morgan fingerprint density at radius 3 is 2.54 bits per heavy atom. The molecule has 0 aliphatic carbocycles. The lowest BCUT2D eigenvalue weighted by Gasteiger charge is -2.30. The first-order valence-corrected chi connectivity index (χ1v) is 8.86. The first-order chi connectivity index (χ1) is 12.6. The number of hydrogen-bond donors (Lipinski definition) is 0. The Morgan fingerprint density at radius 1 is 1.23 bits per heavy atom.